The number of anilines is 1. The molecule has 1 N–H and O–H groups in total. The van der Waals surface area contributed by atoms with E-state index in [0.717, 1.165) is 17.8 Å². The number of nitrogens with zero attached hydrogens (tertiary/aromatic N) is 5. The van der Waals surface area contributed by atoms with E-state index in [1.807, 2.05) is 35.2 Å². The van der Waals surface area contributed by atoms with Crippen LogP contribution < -0.4 is 10.1 Å². The van der Waals surface area contributed by atoms with Crippen molar-refractivity contribution in [1.82, 2.24) is 24.8 Å². The summed E-state index contributed by atoms with van der Waals surface area (Å²) in [4.78, 5) is 30.0. The van der Waals surface area contributed by atoms with Crippen LogP contribution in [0, 0.1) is 0 Å². The molecule has 9 nitrogen and oxygen atoms in total. The van der Waals surface area contributed by atoms with Crippen LogP contribution >= 0.6 is 0 Å². The van der Waals surface area contributed by atoms with Crippen LogP contribution in [-0.4, -0.2) is 75.7 Å². The van der Waals surface area contributed by atoms with Crippen molar-refractivity contribution in [3.8, 4) is 11.4 Å². The molecule has 2 heterocycles. The van der Waals surface area contributed by atoms with E-state index >= 15 is 0 Å². The highest BCUT2D eigenvalue weighted by molar-refractivity contribution is 5.93. The molecular formula is C22H21F3N6O3. The van der Waals surface area contributed by atoms with Gasteiger partial charge in [-0.2, -0.15) is 9.90 Å². The fourth-order valence-corrected chi connectivity index (χ4v) is 3.46. The molecule has 0 saturated carbocycles. The van der Waals surface area contributed by atoms with Gasteiger partial charge in [-0.05, 0) is 36.4 Å². The first-order chi connectivity index (χ1) is 16.3. The largest absolute Gasteiger partial charge is 0.573 e. The summed E-state index contributed by atoms with van der Waals surface area (Å²) < 4.78 is 40.5. The van der Waals surface area contributed by atoms with Crippen LogP contribution in [0.1, 0.15) is 10.5 Å². The standard InChI is InChI=1S/C22H21F3N6O3/c23-22(24,25)34-18-8-6-16(7-9-18)27-20(32)15-29-10-12-30(13-11-29)21(33)19-14-26-31(28-19)17-4-2-1-3-5-17/h1-9,14H,10-13,15H2,(H,27,32). The molecule has 34 heavy (non-hydrogen) atoms. The number of para-hydroxylation sites is 1. The summed E-state index contributed by atoms with van der Waals surface area (Å²) in [7, 11) is 0. The minimum Gasteiger partial charge on any atom is -0.406 e. The molecule has 0 unspecified atom stereocenters. The van der Waals surface area contributed by atoms with Crippen molar-refractivity contribution < 1.29 is 27.5 Å². The van der Waals surface area contributed by atoms with Crippen LogP contribution in [0.3, 0.4) is 0 Å². The second-order valence-electron chi connectivity index (χ2n) is 7.54. The smallest absolute Gasteiger partial charge is 0.406 e. The van der Waals surface area contributed by atoms with Crippen molar-refractivity contribution in [3.05, 3.63) is 66.5 Å². The summed E-state index contributed by atoms with van der Waals surface area (Å²) in [6.07, 6.45) is -3.34. The topological polar surface area (TPSA) is 92.6 Å². The molecule has 3 aromatic rings. The predicted molar refractivity (Wildman–Crippen MR) is 115 cm³/mol. The van der Waals surface area contributed by atoms with Gasteiger partial charge in [-0.15, -0.1) is 18.3 Å². The van der Waals surface area contributed by atoms with E-state index in [9.17, 15) is 22.8 Å². The van der Waals surface area contributed by atoms with E-state index in [0.29, 0.717) is 31.9 Å². The molecule has 1 aliphatic heterocycles. The first-order valence-corrected chi connectivity index (χ1v) is 10.4. The van der Waals surface area contributed by atoms with Gasteiger partial charge in [-0.3, -0.25) is 14.5 Å². The molecule has 2 amide bonds. The fraction of sp³-hybridized carbons (Fsp3) is 0.273. The third-order valence-corrected chi connectivity index (χ3v) is 5.10. The van der Waals surface area contributed by atoms with Gasteiger partial charge in [0, 0.05) is 31.9 Å². The number of hydrogen-bond acceptors (Lipinski definition) is 6. The Bertz CT molecular complexity index is 1130. The molecule has 12 heteroatoms. The number of rotatable bonds is 6. The number of aromatic nitrogens is 3. The Hall–Kier alpha value is -3.93. The maximum atomic E-state index is 12.8. The predicted octanol–water partition coefficient (Wildman–Crippen LogP) is 2.56. The molecule has 0 radical (unpaired) electrons. The van der Waals surface area contributed by atoms with Crippen LogP contribution in [0.4, 0.5) is 18.9 Å². The number of halogens is 3. The molecule has 1 aromatic heterocycles. The van der Waals surface area contributed by atoms with Gasteiger partial charge in [0.2, 0.25) is 5.91 Å². The maximum Gasteiger partial charge on any atom is 0.573 e. The molecule has 0 bridgehead atoms. The fourth-order valence-electron chi connectivity index (χ4n) is 3.46. The molecule has 178 valence electrons. The van der Waals surface area contributed by atoms with Crippen molar-refractivity contribution in [2.75, 3.05) is 38.0 Å². The number of amides is 2. The molecule has 0 aliphatic carbocycles. The molecule has 1 aliphatic rings. The summed E-state index contributed by atoms with van der Waals surface area (Å²) >= 11 is 0. The number of nitrogens with one attached hydrogen (secondary N) is 1. The van der Waals surface area contributed by atoms with Crippen molar-refractivity contribution in [1.29, 1.82) is 0 Å². The lowest BCUT2D eigenvalue weighted by Crippen LogP contribution is -2.50. The Morgan fingerprint density at radius 2 is 1.65 bits per heavy atom. The lowest BCUT2D eigenvalue weighted by atomic mass is 10.2. The Balaban J connectivity index is 1.24. The summed E-state index contributed by atoms with van der Waals surface area (Å²) in [5.41, 5.74) is 1.35. The first kappa shape index (κ1) is 23.2. The maximum absolute atomic E-state index is 12.8. The Kier molecular flexibility index (Phi) is 6.77. The number of alkyl halides is 3. The van der Waals surface area contributed by atoms with Crippen molar-refractivity contribution >= 4 is 17.5 Å². The van der Waals surface area contributed by atoms with E-state index in [1.54, 1.807) is 4.90 Å². The summed E-state index contributed by atoms with van der Waals surface area (Å²) in [6, 6.07) is 14.2. The second-order valence-corrected chi connectivity index (χ2v) is 7.54. The zero-order valence-corrected chi connectivity index (χ0v) is 17.9. The Labute approximate surface area is 192 Å². The minimum absolute atomic E-state index is 0.0903. The number of hydrogen-bond donors (Lipinski definition) is 1. The van der Waals surface area contributed by atoms with E-state index < -0.39 is 6.36 Å². The number of carbonyl (C=O) groups excluding carboxylic acids is 2. The summed E-state index contributed by atoms with van der Waals surface area (Å²) in [5.74, 6) is -0.905. The van der Waals surface area contributed by atoms with Crippen LogP contribution in [0.15, 0.2) is 60.8 Å². The lowest BCUT2D eigenvalue weighted by molar-refractivity contribution is -0.274. The molecular weight excluding hydrogens is 453 g/mol. The molecule has 1 saturated heterocycles. The van der Waals surface area contributed by atoms with Crippen LogP contribution in [0.2, 0.25) is 0 Å². The Morgan fingerprint density at radius 1 is 0.971 bits per heavy atom. The van der Waals surface area contributed by atoms with E-state index in [2.05, 4.69) is 20.3 Å². The van der Waals surface area contributed by atoms with E-state index in [-0.39, 0.29) is 29.8 Å². The zero-order valence-electron chi connectivity index (χ0n) is 17.9. The van der Waals surface area contributed by atoms with Crippen molar-refractivity contribution in [3.63, 3.8) is 0 Å². The monoisotopic (exact) mass is 474 g/mol. The average molecular weight is 474 g/mol. The van der Waals surface area contributed by atoms with Gasteiger partial charge in [0.15, 0.2) is 5.69 Å². The normalized spacial score (nSPS) is 14.6. The molecule has 1 fully saturated rings. The van der Waals surface area contributed by atoms with Gasteiger partial charge in [-0.25, -0.2) is 0 Å². The number of carbonyl (C=O) groups is 2. The third-order valence-electron chi connectivity index (χ3n) is 5.10. The van der Waals surface area contributed by atoms with E-state index in [1.165, 1.54) is 23.1 Å². The Morgan fingerprint density at radius 3 is 2.29 bits per heavy atom. The van der Waals surface area contributed by atoms with Gasteiger partial charge >= 0.3 is 6.36 Å². The summed E-state index contributed by atoms with van der Waals surface area (Å²) in [5, 5.41) is 11.0. The number of ether oxygens (including phenoxy) is 1. The van der Waals surface area contributed by atoms with Gasteiger partial charge in [0.25, 0.3) is 5.91 Å². The molecule has 2 aromatic carbocycles. The van der Waals surface area contributed by atoms with Gasteiger partial charge in [0.1, 0.15) is 5.75 Å². The SMILES string of the molecule is O=C(CN1CCN(C(=O)c2cnn(-c3ccccc3)n2)CC1)Nc1ccc(OC(F)(F)F)cc1. The van der Waals surface area contributed by atoms with Crippen molar-refractivity contribution in [2.45, 2.75) is 6.36 Å². The highest BCUT2D eigenvalue weighted by Crippen LogP contribution is 2.24. The molecule has 0 atom stereocenters. The lowest BCUT2D eigenvalue weighted by Gasteiger charge is -2.33. The zero-order chi connectivity index (χ0) is 24.1. The van der Waals surface area contributed by atoms with Gasteiger partial charge in [0.05, 0.1) is 18.4 Å². The van der Waals surface area contributed by atoms with Crippen LogP contribution in [0.5, 0.6) is 5.75 Å². The third kappa shape index (κ3) is 6.10. The van der Waals surface area contributed by atoms with E-state index in [4.69, 9.17) is 0 Å². The molecule has 4 rings (SSSR count). The van der Waals surface area contributed by atoms with Crippen LogP contribution in [0.25, 0.3) is 5.69 Å². The quantitative estimate of drug-likeness (QED) is 0.591. The number of piperazine rings is 1. The molecule has 0 spiro atoms. The minimum atomic E-state index is -4.77. The highest BCUT2D eigenvalue weighted by Gasteiger charge is 2.31. The first-order valence-electron chi connectivity index (χ1n) is 10.4. The van der Waals surface area contributed by atoms with Gasteiger partial charge in [-0.1, -0.05) is 18.2 Å². The summed E-state index contributed by atoms with van der Waals surface area (Å²) in [6.45, 7) is 1.92. The highest BCUT2D eigenvalue weighted by atomic mass is 19.4. The number of benzene rings is 2. The van der Waals surface area contributed by atoms with Gasteiger partial charge < -0.3 is 15.0 Å². The second kappa shape index (κ2) is 9.91. The van der Waals surface area contributed by atoms with Crippen LogP contribution in [-0.2, 0) is 4.79 Å². The van der Waals surface area contributed by atoms with Crippen molar-refractivity contribution in [2.24, 2.45) is 0 Å². The average Bonchev–Trinajstić information content (AvgIpc) is 3.30.